The van der Waals surface area contributed by atoms with Crippen LogP contribution in [0.5, 0.6) is 0 Å². The molecular weight excluding hydrogens is 470 g/mol. The number of anilines is 1. The molecule has 0 N–H and O–H groups in total. The number of hydrogen-bond donors (Lipinski definition) is 0. The largest absolute Gasteiger partial charge is 0.337 e. The molecule has 4 rings (SSSR count). The molecule has 200 valence electrons. The number of nitrogens with zero attached hydrogens (tertiary/aromatic N) is 3. The maximum absolute atomic E-state index is 13.7. The van der Waals surface area contributed by atoms with Gasteiger partial charge in [0.25, 0.3) is 0 Å². The van der Waals surface area contributed by atoms with E-state index in [1.54, 1.807) is 0 Å². The highest BCUT2D eigenvalue weighted by molar-refractivity contribution is 5.94. The van der Waals surface area contributed by atoms with Crippen LogP contribution >= 0.6 is 0 Å². The Hall–Kier alpha value is -3.44. The first-order valence-electron chi connectivity index (χ1n) is 13.9. The minimum atomic E-state index is 0.124. The minimum absolute atomic E-state index is 0.124. The summed E-state index contributed by atoms with van der Waals surface area (Å²) in [5.74, 6) is 0.258. The molecule has 0 spiro atoms. The molecule has 3 aromatic rings. The average Bonchev–Trinajstić information content (AvgIpc) is 2.96. The zero-order valence-corrected chi connectivity index (χ0v) is 23.1. The normalized spacial score (nSPS) is 15.2. The lowest BCUT2D eigenvalue weighted by molar-refractivity contribution is -0.131. The summed E-state index contributed by atoms with van der Waals surface area (Å²) >= 11 is 0. The lowest BCUT2D eigenvalue weighted by Crippen LogP contribution is -2.42. The third-order valence-electron chi connectivity index (χ3n) is 7.59. The van der Waals surface area contributed by atoms with Crippen molar-refractivity contribution < 1.29 is 9.59 Å². The minimum Gasteiger partial charge on any atom is -0.337 e. The van der Waals surface area contributed by atoms with E-state index < -0.39 is 0 Å². The highest BCUT2D eigenvalue weighted by Gasteiger charge is 2.24. The Morgan fingerprint density at radius 2 is 1.50 bits per heavy atom. The van der Waals surface area contributed by atoms with E-state index in [4.69, 9.17) is 0 Å². The van der Waals surface area contributed by atoms with Gasteiger partial charge in [-0.3, -0.25) is 14.5 Å². The van der Waals surface area contributed by atoms with Crippen LogP contribution in [0.4, 0.5) is 5.69 Å². The van der Waals surface area contributed by atoms with Crippen LogP contribution in [0.3, 0.4) is 0 Å². The van der Waals surface area contributed by atoms with Gasteiger partial charge in [-0.2, -0.15) is 0 Å². The van der Waals surface area contributed by atoms with Crippen molar-refractivity contribution in [3.63, 3.8) is 0 Å². The van der Waals surface area contributed by atoms with Gasteiger partial charge in [0.15, 0.2) is 0 Å². The Kier molecular flexibility index (Phi) is 9.72. The molecule has 1 aliphatic heterocycles. The summed E-state index contributed by atoms with van der Waals surface area (Å²) < 4.78 is 0. The van der Waals surface area contributed by atoms with E-state index in [1.807, 2.05) is 64.4 Å². The maximum atomic E-state index is 13.7. The van der Waals surface area contributed by atoms with Crippen LogP contribution < -0.4 is 4.90 Å². The van der Waals surface area contributed by atoms with Gasteiger partial charge in [0.05, 0.1) is 6.42 Å². The Balaban J connectivity index is 1.61. The summed E-state index contributed by atoms with van der Waals surface area (Å²) in [6, 6.07) is 26.8. The third kappa shape index (κ3) is 7.32. The lowest BCUT2D eigenvalue weighted by Gasteiger charge is -2.30. The van der Waals surface area contributed by atoms with Crippen molar-refractivity contribution in [1.29, 1.82) is 0 Å². The molecule has 0 saturated carbocycles. The van der Waals surface area contributed by atoms with E-state index in [0.29, 0.717) is 38.5 Å². The Bertz CT molecular complexity index is 1210. The molecule has 5 heteroatoms. The summed E-state index contributed by atoms with van der Waals surface area (Å²) in [5.41, 5.74) is 5.33. The molecule has 1 aliphatic rings. The number of benzene rings is 3. The number of para-hydroxylation sites is 1. The maximum Gasteiger partial charge on any atom is 0.227 e. The van der Waals surface area contributed by atoms with Crippen molar-refractivity contribution in [1.82, 2.24) is 9.80 Å². The van der Waals surface area contributed by atoms with Crippen molar-refractivity contribution in [3.8, 4) is 0 Å². The lowest BCUT2D eigenvalue weighted by atomic mass is 10.0. The van der Waals surface area contributed by atoms with Gasteiger partial charge in [0.2, 0.25) is 11.8 Å². The zero-order chi connectivity index (χ0) is 26.9. The number of hydrogen-bond acceptors (Lipinski definition) is 3. The molecule has 0 unspecified atom stereocenters. The van der Waals surface area contributed by atoms with Gasteiger partial charge in [-0.05, 0) is 61.9 Å². The molecule has 0 fully saturated rings. The Morgan fingerprint density at radius 3 is 2.26 bits per heavy atom. The number of aryl methyl sites for hydroxylation is 2. The van der Waals surface area contributed by atoms with Gasteiger partial charge < -0.3 is 9.80 Å². The molecule has 1 heterocycles. The smallest absolute Gasteiger partial charge is 0.227 e. The van der Waals surface area contributed by atoms with E-state index in [2.05, 4.69) is 49.9 Å². The van der Waals surface area contributed by atoms with Crippen LogP contribution in [0.2, 0.25) is 0 Å². The number of fused-ring (bicyclic) bond motifs is 1. The van der Waals surface area contributed by atoms with E-state index in [1.165, 1.54) is 5.56 Å². The quantitative estimate of drug-likeness (QED) is 0.430. The van der Waals surface area contributed by atoms with Crippen LogP contribution in [-0.4, -0.2) is 53.8 Å². The Morgan fingerprint density at radius 1 is 0.789 bits per heavy atom. The molecule has 38 heavy (non-hydrogen) atoms. The van der Waals surface area contributed by atoms with Crippen LogP contribution in [0.15, 0.2) is 78.9 Å². The molecule has 2 amide bonds. The Labute approximate surface area is 228 Å². The number of carbonyl (C=O) groups excluding carboxylic acids is 2. The van der Waals surface area contributed by atoms with Crippen LogP contribution in [0.25, 0.3) is 0 Å². The second kappa shape index (κ2) is 13.4. The van der Waals surface area contributed by atoms with Crippen molar-refractivity contribution >= 4 is 17.5 Å². The summed E-state index contributed by atoms with van der Waals surface area (Å²) in [4.78, 5) is 33.7. The monoisotopic (exact) mass is 511 g/mol. The highest BCUT2D eigenvalue weighted by Crippen LogP contribution is 2.25. The van der Waals surface area contributed by atoms with Gasteiger partial charge >= 0.3 is 0 Å². The summed E-state index contributed by atoms with van der Waals surface area (Å²) in [7, 11) is 0. The van der Waals surface area contributed by atoms with E-state index in [-0.39, 0.29) is 11.8 Å². The van der Waals surface area contributed by atoms with Crippen LogP contribution in [0.1, 0.15) is 48.9 Å². The summed E-state index contributed by atoms with van der Waals surface area (Å²) in [6.45, 7) is 10.0. The van der Waals surface area contributed by atoms with Crippen molar-refractivity contribution in [2.45, 2.75) is 59.0 Å². The van der Waals surface area contributed by atoms with Gasteiger partial charge in [-0.1, -0.05) is 72.8 Å². The van der Waals surface area contributed by atoms with Crippen molar-refractivity contribution in [2.24, 2.45) is 0 Å². The number of amides is 2. The molecule has 5 nitrogen and oxygen atoms in total. The zero-order valence-electron chi connectivity index (χ0n) is 23.1. The third-order valence-corrected chi connectivity index (χ3v) is 7.59. The molecule has 0 bridgehead atoms. The predicted octanol–water partition coefficient (Wildman–Crippen LogP) is 5.65. The molecule has 3 aromatic carbocycles. The predicted molar refractivity (Wildman–Crippen MR) is 155 cm³/mol. The molecular formula is C33H41N3O2. The van der Waals surface area contributed by atoms with Gasteiger partial charge in [0.1, 0.15) is 0 Å². The first kappa shape index (κ1) is 27.6. The molecule has 0 aliphatic carbocycles. The van der Waals surface area contributed by atoms with E-state index in [0.717, 1.165) is 48.3 Å². The van der Waals surface area contributed by atoms with Crippen molar-refractivity contribution in [3.05, 3.63) is 101 Å². The van der Waals surface area contributed by atoms with Gasteiger partial charge in [-0.15, -0.1) is 0 Å². The average molecular weight is 512 g/mol. The first-order valence-corrected chi connectivity index (χ1v) is 13.9. The van der Waals surface area contributed by atoms with Crippen LogP contribution in [0, 0.1) is 6.92 Å². The SMILES string of the molecule is Cc1ccccc1CC(=O)N1CCN(C(C)C)CCCN(C(=O)CCc2ccccc2)c2ccccc2C1. The fourth-order valence-electron chi connectivity index (χ4n) is 5.21. The second-order valence-electron chi connectivity index (χ2n) is 10.6. The highest BCUT2D eigenvalue weighted by atomic mass is 16.2. The second-order valence-corrected chi connectivity index (χ2v) is 10.6. The van der Waals surface area contributed by atoms with Crippen molar-refractivity contribution in [2.75, 3.05) is 31.1 Å². The van der Waals surface area contributed by atoms with E-state index >= 15 is 0 Å². The summed E-state index contributed by atoms with van der Waals surface area (Å²) in [6.07, 6.45) is 2.46. The number of carbonyl (C=O) groups is 2. The standard InChI is InChI=1S/C33H41N3O2/c1-26(2)34-20-11-21-36(32(37)19-18-28-13-5-4-6-14-28)31-17-10-9-16-30(31)25-35(23-22-34)33(38)24-29-15-8-7-12-27(29)3/h4-10,12-17,26H,11,18-25H2,1-3H3. The molecule has 0 aromatic heterocycles. The summed E-state index contributed by atoms with van der Waals surface area (Å²) in [5, 5.41) is 0. The van der Waals surface area contributed by atoms with Gasteiger partial charge in [0, 0.05) is 50.9 Å². The fraction of sp³-hybridized carbons (Fsp3) is 0.394. The molecule has 0 saturated heterocycles. The molecule has 0 atom stereocenters. The van der Waals surface area contributed by atoms with Gasteiger partial charge in [-0.25, -0.2) is 0 Å². The first-order chi connectivity index (χ1) is 18.4. The number of rotatable bonds is 6. The molecule has 0 radical (unpaired) electrons. The topological polar surface area (TPSA) is 43.9 Å². The van der Waals surface area contributed by atoms with Crippen LogP contribution in [-0.2, 0) is 29.0 Å². The fourth-order valence-corrected chi connectivity index (χ4v) is 5.21. The van der Waals surface area contributed by atoms with E-state index in [9.17, 15) is 9.59 Å².